The summed E-state index contributed by atoms with van der Waals surface area (Å²) >= 11 is 2.77. The smallest absolute Gasteiger partial charge is 0.271 e. The number of nitrogens with one attached hydrogen (secondary N) is 1. The van der Waals surface area contributed by atoms with Gasteiger partial charge in [0.2, 0.25) is 12.0 Å². The van der Waals surface area contributed by atoms with Crippen molar-refractivity contribution in [1.82, 2.24) is 15.3 Å². The van der Waals surface area contributed by atoms with E-state index in [1.165, 1.54) is 29.4 Å². The lowest BCUT2D eigenvalue weighted by Crippen LogP contribution is -2.46. The van der Waals surface area contributed by atoms with Crippen LogP contribution in [-0.4, -0.2) is 40.2 Å². The van der Waals surface area contributed by atoms with Crippen molar-refractivity contribution in [2.24, 2.45) is 0 Å². The Morgan fingerprint density at radius 2 is 2.08 bits per heavy atom. The Balaban J connectivity index is 1.34. The zero-order chi connectivity index (χ0) is 17.9. The molecule has 0 bridgehead atoms. The van der Waals surface area contributed by atoms with Gasteiger partial charge in [0, 0.05) is 5.39 Å². The molecule has 1 atom stereocenters. The molecule has 1 unspecified atom stereocenters. The Hall–Kier alpha value is -2.65. The average Bonchev–Trinajstić information content (AvgIpc) is 3.15. The molecule has 1 N–H and O–H groups in total. The largest absolute Gasteiger partial charge is 0.485 e. The highest BCUT2D eigenvalue weighted by Gasteiger charge is 2.28. The number of thioether (sulfide) groups is 1. The summed E-state index contributed by atoms with van der Waals surface area (Å²) in [6.45, 7) is 0.0602. The molecule has 0 aliphatic carbocycles. The van der Waals surface area contributed by atoms with Crippen LogP contribution in [0.15, 0.2) is 47.1 Å². The Morgan fingerprint density at radius 1 is 1.23 bits per heavy atom. The number of amides is 2. The maximum absolute atomic E-state index is 12.2. The van der Waals surface area contributed by atoms with Gasteiger partial charge in [0.15, 0.2) is 11.5 Å². The quantitative estimate of drug-likeness (QED) is 0.542. The minimum atomic E-state index is -0.860. The van der Waals surface area contributed by atoms with Crippen LogP contribution in [0, 0.1) is 0 Å². The maximum Gasteiger partial charge on any atom is 0.271 e. The number of rotatable bonds is 4. The minimum Gasteiger partial charge on any atom is -0.485 e. The second-order valence-electron chi connectivity index (χ2n) is 5.38. The lowest BCUT2D eigenvalue weighted by Gasteiger charge is -2.25. The van der Waals surface area contributed by atoms with Gasteiger partial charge in [0.1, 0.15) is 22.8 Å². The summed E-state index contributed by atoms with van der Waals surface area (Å²) in [5.41, 5.74) is 0. The van der Waals surface area contributed by atoms with Crippen LogP contribution in [0.1, 0.15) is 0 Å². The third kappa shape index (κ3) is 3.49. The number of nitrogens with zero attached hydrogens (tertiary/aromatic N) is 2. The number of hydrogen-bond acceptors (Lipinski definition) is 8. The third-order valence-corrected chi connectivity index (χ3v) is 5.45. The van der Waals surface area contributed by atoms with Crippen molar-refractivity contribution in [3.8, 4) is 11.5 Å². The summed E-state index contributed by atoms with van der Waals surface area (Å²) in [6.07, 6.45) is 0.607. The molecule has 1 aliphatic rings. The van der Waals surface area contributed by atoms with Gasteiger partial charge in [-0.05, 0) is 23.6 Å². The fourth-order valence-electron chi connectivity index (χ4n) is 2.42. The van der Waals surface area contributed by atoms with Crippen LogP contribution >= 0.6 is 23.1 Å². The molecule has 0 fully saturated rings. The minimum absolute atomic E-state index is 0.0602. The van der Waals surface area contributed by atoms with E-state index in [0.717, 1.165) is 10.2 Å². The van der Waals surface area contributed by atoms with Crippen molar-refractivity contribution in [2.45, 2.75) is 11.1 Å². The molecule has 9 heteroatoms. The Labute approximate surface area is 156 Å². The number of imide groups is 1. The predicted octanol–water partition coefficient (Wildman–Crippen LogP) is 2.27. The highest BCUT2D eigenvalue weighted by atomic mass is 32.2. The number of ether oxygens (including phenoxy) is 2. The van der Waals surface area contributed by atoms with Crippen LogP contribution in [0.25, 0.3) is 10.2 Å². The van der Waals surface area contributed by atoms with Crippen molar-refractivity contribution >= 4 is 45.1 Å². The van der Waals surface area contributed by atoms with Crippen LogP contribution in [0.3, 0.4) is 0 Å². The van der Waals surface area contributed by atoms with E-state index in [1.807, 2.05) is 17.5 Å². The Morgan fingerprint density at radius 3 is 2.96 bits per heavy atom. The molecule has 0 saturated carbocycles. The average molecular weight is 387 g/mol. The molecule has 0 radical (unpaired) electrons. The Bertz CT molecular complexity index is 975. The van der Waals surface area contributed by atoms with Crippen molar-refractivity contribution in [3.05, 3.63) is 42.0 Å². The van der Waals surface area contributed by atoms with Crippen molar-refractivity contribution in [1.29, 1.82) is 0 Å². The van der Waals surface area contributed by atoms with Crippen molar-refractivity contribution in [2.75, 3.05) is 12.4 Å². The van der Waals surface area contributed by atoms with Crippen LogP contribution in [-0.2, 0) is 9.59 Å². The number of aromatic nitrogens is 2. The first-order valence-corrected chi connectivity index (χ1v) is 9.60. The first-order valence-electron chi connectivity index (χ1n) is 7.74. The van der Waals surface area contributed by atoms with Gasteiger partial charge in [-0.25, -0.2) is 9.97 Å². The third-order valence-electron chi connectivity index (χ3n) is 3.63. The normalized spacial score (nSPS) is 15.6. The Kier molecular flexibility index (Phi) is 4.72. The lowest BCUT2D eigenvalue weighted by atomic mass is 10.2. The van der Waals surface area contributed by atoms with E-state index in [4.69, 9.17) is 9.47 Å². The van der Waals surface area contributed by atoms with Gasteiger partial charge in [-0.3, -0.25) is 14.9 Å². The van der Waals surface area contributed by atoms with Gasteiger partial charge >= 0.3 is 0 Å². The number of para-hydroxylation sites is 2. The number of hydrogen-bond donors (Lipinski definition) is 1. The zero-order valence-corrected chi connectivity index (χ0v) is 15.0. The summed E-state index contributed by atoms with van der Waals surface area (Å²) in [6, 6.07) is 9.00. The standard InChI is InChI=1S/C17H13N3O4S2/c21-14(8-26-17-10-5-6-25-16(10)18-9-19-17)20-15(22)13-7-23-11-3-1-2-4-12(11)24-13/h1-6,9,13H,7-8H2,(H,20,21,22). The molecular formula is C17H13N3O4S2. The van der Waals surface area contributed by atoms with E-state index in [9.17, 15) is 9.59 Å². The van der Waals surface area contributed by atoms with Crippen molar-refractivity contribution in [3.63, 3.8) is 0 Å². The molecule has 7 nitrogen and oxygen atoms in total. The van der Waals surface area contributed by atoms with Crippen LogP contribution in [0.2, 0.25) is 0 Å². The van der Waals surface area contributed by atoms with Crippen LogP contribution < -0.4 is 14.8 Å². The zero-order valence-electron chi connectivity index (χ0n) is 13.4. The molecule has 4 rings (SSSR count). The first-order chi connectivity index (χ1) is 12.7. The van der Waals surface area contributed by atoms with E-state index in [-0.39, 0.29) is 12.4 Å². The van der Waals surface area contributed by atoms with Gasteiger partial charge in [-0.2, -0.15) is 0 Å². The molecule has 1 aromatic carbocycles. The van der Waals surface area contributed by atoms with Crippen LogP contribution in [0.5, 0.6) is 11.5 Å². The highest BCUT2D eigenvalue weighted by molar-refractivity contribution is 8.00. The van der Waals surface area contributed by atoms with E-state index in [0.29, 0.717) is 16.5 Å². The fourth-order valence-corrected chi connectivity index (χ4v) is 4.00. The molecule has 3 heterocycles. The van der Waals surface area contributed by atoms with Gasteiger partial charge in [-0.15, -0.1) is 11.3 Å². The first kappa shape index (κ1) is 16.8. The summed E-state index contributed by atoms with van der Waals surface area (Å²) in [4.78, 5) is 33.6. The van der Waals surface area contributed by atoms with Gasteiger partial charge in [0.25, 0.3) is 5.91 Å². The van der Waals surface area contributed by atoms with Crippen molar-refractivity contribution < 1.29 is 19.1 Å². The van der Waals surface area contributed by atoms with E-state index in [2.05, 4.69) is 15.3 Å². The van der Waals surface area contributed by atoms with E-state index in [1.54, 1.807) is 18.2 Å². The van der Waals surface area contributed by atoms with E-state index < -0.39 is 17.9 Å². The van der Waals surface area contributed by atoms with Gasteiger partial charge in [0.05, 0.1) is 5.75 Å². The molecule has 132 valence electrons. The van der Waals surface area contributed by atoms with Gasteiger partial charge in [-0.1, -0.05) is 23.9 Å². The number of carbonyl (C=O) groups is 2. The summed E-state index contributed by atoms with van der Waals surface area (Å²) in [5, 5.41) is 5.89. The monoisotopic (exact) mass is 387 g/mol. The SMILES string of the molecule is O=C(CSc1ncnc2sccc12)NC(=O)C1COc2ccccc2O1. The molecular weight excluding hydrogens is 374 g/mol. The van der Waals surface area contributed by atoms with Crippen LogP contribution in [0.4, 0.5) is 0 Å². The topological polar surface area (TPSA) is 90.4 Å². The molecule has 2 aromatic heterocycles. The lowest BCUT2D eigenvalue weighted by molar-refractivity contribution is -0.135. The number of thiophene rings is 1. The number of benzene rings is 1. The summed E-state index contributed by atoms with van der Waals surface area (Å²) < 4.78 is 11.1. The molecule has 26 heavy (non-hydrogen) atoms. The van der Waals surface area contributed by atoms with Gasteiger partial charge < -0.3 is 9.47 Å². The molecule has 0 saturated heterocycles. The maximum atomic E-state index is 12.2. The summed E-state index contributed by atoms with van der Waals surface area (Å²) in [7, 11) is 0. The molecule has 0 spiro atoms. The van der Waals surface area contributed by atoms with E-state index >= 15 is 0 Å². The highest BCUT2D eigenvalue weighted by Crippen LogP contribution is 2.31. The molecule has 3 aromatic rings. The molecule has 1 aliphatic heterocycles. The second-order valence-corrected chi connectivity index (χ2v) is 7.24. The summed E-state index contributed by atoms with van der Waals surface area (Å²) in [5.74, 6) is 0.208. The predicted molar refractivity (Wildman–Crippen MR) is 97.6 cm³/mol. The number of carbonyl (C=O) groups excluding carboxylic acids is 2. The fraction of sp³-hybridized carbons (Fsp3) is 0.176. The second kappa shape index (κ2) is 7.30. The number of fused-ring (bicyclic) bond motifs is 2. The molecule has 2 amide bonds.